The quantitative estimate of drug-likeness (QED) is 0.451. The smallest absolute Gasteiger partial charge is 0.263 e. The van der Waals surface area contributed by atoms with Crippen LogP contribution in [0.3, 0.4) is 0 Å². The molecule has 4 rings (SSSR count). The topological polar surface area (TPSA) is 64.0 Å². The number of nitrogens with zero attached hydrogens (tertiary/aromatic N) is 2. The fourth-order valence-electron chi connectivity index (χ4n) is 3.04. The van der Waals surface area contributed by atoms with Gasteiger partial charge in [-0.1, -0.05) is 40.2 Å². The highest BCUT2D eigenvalue weighted by atomic mass is 79.9. The Morgan fingerprint density at radius 2 is 2.07 bits per heavy atom. The highest BCUT2D eigenvalue weighted by Gasteiger charge is 2.17. The number of carbonyl (C=O) groups excluding carboxylic acids is 1. The monoisotopic (exact) mass is 473 g/mol. The van der Waals surface area contributed by atoms with Gasteiger partial charge in [0.1, 0.15) is 11.4 Å². The minimum absolute atomic E-state index is 0.0731. The molecular formula is C20H16BrN3O2S2. The third-order valence-corrected chi connectivity index (χ3v) is 6.92. The minimum atomic E-state index is -0.237. The molecule has 0 radical (unpaired) electrons. The molecule has 0 aliphatic heterocycles. The van der Waals surface area contributed by atoms with Crippen LogP contribution < -0.4 is 10.9 Å². The van der Waals surface area contributed by atoms with E-state index in [1.807, 2.05) is 54.1 Å². The maximum atomic E-state index is 13.0. The van der Waals surface area contributed by atoms with Crippen molar-refractivity contribution in [2.24, 2.45) is 0 Å². The van der Waals surface area contributed by atoms with Crippen LogP contribution in [0, 0.1) is 0 Å². The second-order valence-corrected chi connectivity index (χ2v) is 8.96. The Kier molecular flexibility index (Phi) is 5.43. The van der Waals surface area contributed by atoms with Crippen LogP contribution in [0.15, 0.2) is 62.8 Å². The minimum Gasteiger partial charge on any atom is -0.348 e. The zero-order valence-corrected chi connectivity index (χ0v) is 18.1. The lowest BCUT2D eigenvalue weighted by Gasteiger charge is -2.16. The molecule has 0 spiro atoms. The highest BCUT2D eigenvalue weighted by molar-refractivity contribution is 9.10. The summed E-state index contributed by atoms with van der Waals surface area (Å²) in [7, 11) is 0. The maximum Gasteiger partial charge on any atom is 0.263 e. The van der Waals surface area contributed by atoms with Gasteiger partial charge in [-0.05, 0) is 30.0 Å². The van der Waals surface area contributed by atoms with Crippen LogP contribution >= 0.6 is 38.6 Å². The van der Waals surface area contributed by atoms with Crippen molar-refractivity contribution >= 4 is 54.7 Å². The van der Waals surface area contributed by atoms with Crippen LogP contribution in [0.2, 0.25) is 0 Å². The van der Waals surface area contributed by atoms with Crippen LogP contribution in [0.5, 0.6) is 0 Å². The first-order valence-electron chi connectivity index (χ1n) is 8.59. The maximum absolute atomic E-state index is 13.0. The number of thiophene rings is 2. The van der Waals surface area contributed by atoms with E-state index in [2.05, 4.69) is 26.2 Å². The lowest BCUT2D eigenvalue weighted by atomic mass is 10.1. The Labute approximate surface area is 177 Å². The fraction of sp³-hybridized carbons (Fsp3) is 0.150. The van der Waals surface area contributed by atoms with Gasteiger partial charge in [0.15, 0.2) is 0 Å². The van der Waals surface area contributed by atoms with E-state index in [9.17, 15) is 9.59 Å². The summed E-state index contributed by atoms with van der Waals surface area (Å²) in [5.41, 5.74) is 1.66. The van der Waals surface area contributed by atoms with Crippen LogP contribution in [0.1, 0.15) is 18.5 Å². The number of fused-ring (bicyclic) bond motifs is 1. The van der Waals surface area contributed by atoms with Gasteiger partial charge in [-0.3, -0.25) is 14.2 Å². The number of carbonyl (C=O) groups is 1. The average Bonchev–Trinajstić information content (AvgIpc) is 3.33. The average molecular weight is 474 g/mol. The molecule has 28 heavy (non-hydrogen) atoms. The number of aromatic nitrogens is 2. The van der Waals surface area contributed by atoms with E-state index in [1.54, 1.807) is 11.3 Å². The highest BCUT2D eigenvalue weighted by Crippen LogP contribution is 2.33. The number of benzene rings is 1. The molecular weight excluding hydrogens is 458 g/mol. The normalized spacial score (nSPS) is 12.2. The Bertz CT molecular complexity index is 1200. The molecule has 3 heterocycles. The Balaban J connectivity index is 1.59. The van der Waals surface area contributed by atoms with Gasteiger partial charge in [0, 0.05) is 20.3 Å². The zero-order chi connectivity index (χ0) is 19.7. The lowest BCUT2D eigenvalue weighted by molar-refractivity contribution is -0.122. The van der Waals surface area contributed by atoms with E-state index in [0.29, 0.717) is 10.2 Å². The molecule has 5 nitrogen and oxygen atoms in total. The van der Waals surface area contributed by atoms with Crippen LogP contribution in [-0.4, -0.2) is 15.5 Å². The molecule has 1 aromatic carbocycles. The summed E-state index contributed by atoms with van der Waals surface area (Å²) in [6.45, 7) is 1.84. The van der Waals surface area contributed by atoms with Crippen molar-refractivity contribution in [3.05, 3.63) is 73.9 Å². The summed E-state index contributed by atoms with van der Waals surface area (Å²) in [5, 5.41) is 7.44. The van der Waals surface area contributed by atoms with Gasteiger partial charge in [0.2, 0.25) is 5.91 Å². The second kappa shape index (κ2) is 7.98. The molecule has 4 aromatic rings. The first-order chi connectivity index (χ1) is 13.5. The Morgan fingerprint density at radius 3 is 2.82 bits per heavy atom. The molecule has 142 valence electrons. The Hall–Kier alpha value is -2.29. The van der Waals surface area contributed by atoms with Crippen molar-refractivity contribution in [2.45, 2.75) is 19.5 Å². The molecule has 0 saturated heterocycles. The number of hydrogen-bond donors (Lipinski definition) is 1. The van der Waals surface area contributed by atoms with E-state index >= 15 is 0 Å². The van der Waals surface area contributed by atoms with Gasteiger partial charge >= 0.3 is 0 Å². The third-order valence-electron chi connectivity index (χ3n) is 4.41. The predicted molar refractivity (Wildman–Crippen MR) is 118 cm³/mol. The van der Waals surface area contributed by atoms with Crippen LogP contribution in [-0.2, 0) is 11.3 Å². The molecule has 1 atom stereocenters. The molecule has 0 saturated carbocycles. The van der Waals surface area contributed by atoms with Crippen molar-refractivity contribution in [1.29, 1.82) is 0 Å². The number of amides is 1. The first-order valence-corrected chi connectivity index (χ1v) is 11.1. The fourth-order valence-corrected chi connectivity index (χ4v) is 5.39. The molecule has 1 N–H and O–H groups in total. The van der Waals surface area contributed by atoms with Gasteiger partial charge < -0.3 is 5.32 Å². The Morgan fingerprint density at radius 1 is 1.25 bits per heavy atom. The zero-order valence-electron chi connectivity index (χ0n) is 14.9. The standard InChI is InChI=1S/C20H16BrN3O2S2/c1-12(13-5-2-3-6-15(13)21)23-17(25)9-24-11-22-19-18(20(24)26)14(10-28-19)16-7-4-8-27-16/h2-8,10-12H,9H2,1H3,(H,23,25)/t12-/m1/s1. The number of halogens is 1. The largest absolute Gasteiger partial charge is 0.348 e. The van der Waals surface area contributed by atoms with Crippen molar-refractivity contribution in [1.82, 2.24) is 14.9 Å². The van der Waals surface area contributed by atoms with Crippen LogP contribution in [0.4, 0.5) is 0 Å². The van der Waals surface area contributed by atoms with Gasteiger partial charge in [-0.2, -0.15) is 0 Å². The van der Waals surface area contributed by atoms with E-state index in [1.165, 1.54) is 22.2 Å². The number of rotatable bonds is 5. The summed E-state index contributed by atoms with van der Waals surface area (Å²) >= 11 is 6.52. The van der Waals surface area contributed by atoms with Crippen molar-refractivity contribution in [3.8, 4) is 10.4 Å². The molecule has 8 heteroatoms. The van der Waals surface area contributed by atoms with E-state index in [0.717, 1.165) is 20.5 Å². The summed E-state index contributed by atoms with van der Waals surface area (Å²) in [5.74, 6) is -0.237. The van der Waals surface area contributed by atoms with Gasteiger partial charge in [-0.15, -0.1) is 22.7 Å². The second-order valence-electron chi connectivity index (χ2n) is 6.30. The molecule has 0 fully saturated rings. The molecule has 3 aromatic heterocycles. The SMILES string of the molecule is C[C@@H](NC(=O)Cn1cnc2scc(-c3cccs3)c2c1=O)c1ccccc1Br. The summed E-state index contributed by atoms with van der Waals surface area (Å²) < 4.78 is 2.30. The molecule has 0 aliphatic rings. The van der Waals surface area contributed by atoms with Crippen LogP contribution in [0.25, 0.3) is 20.7 Å². The molecule has 0 bridgehead atoms. The third kappa shape index (κ3) is 3.67. The summed E-state index contributed by atoms with van der Waals surface area (Å²) in [6, 6.07) is 11.5. The number of hydrogen-bond acceptors (Lipinski definition) is 5. The first kappa shape index (κ1) is 19.0. The number of nitrogens with one attached hydrogen (secondary N) is 1. The summed E-state index contributed by atoms with van der Waals surface area (Å²) in [4.78, 5) is 31.6. The van der Waals surface area contributed by atoms with E-state index in [-0.39, 0.29) is 24.1 Å². The van der Waals surface area contributed by atoms with Crippen molar-refractivity contribution in [2.75, 3.05) is 0 Å². The molecule has 0 aliphatic carbocycles. The van der Waals surface area contributed by atoms with Gasteiger partial charge in [-0.25, -0.2) is 4.98 Å². The van der Waals surface area contributed by atoms with Crippen molar-refractivity contribution in [3.63, 3.8) is 0 Å². The summed E-state index contributed by atoms with van der Waals surface area (Å²) in [6.07, 6.45) is 1.45. The van der Waals surface area contributed by atoms with Gasteiger partial charge in [0.05, 0.1) is 17.8 Å². The molecule has 0 unspecified atom stereocenters. The van der Waals surface area contributed by atoms with E-state index < -0.39 is 0 Å². The van der Waals surface area contributed by atoms with Gasteiger partial charge in [0.25, 0.3) is 5.56 Å². The lowest BCUT2D eigenvalue weighted by Crippen LogP contribution is -2.34. The van der Waals surface area contributed by atoms with E-state index in [4.69, 9.17) is 0 Å². The van der Waals surface area contributed by atoms with Crippen molar-refractivity contribution < 1.29 is 4.79 Å². The molecule has 1 amide bonds. The predicted octanol–water partition coefficient (Wildman–Crippen LogP) is 4.83.